The van der Waals surface area contributed by atoms with Crippen LogP contribution in [0.25, 0.3) is 10.9 Å². The van der Waals surface area contributed by atoms with E-state index in [1.165, 1.54) is 19.3 Å². The molecule has 1 aliphatic rings. The topological polar surface area (TPSA) is 54.2 Å². The van der Waals surface area contributed by atoms with E-state index in [1.807, 2.05) is 24.3 Å². The Kier molecular flexibility index (Phi) is 3.84. The van der Waals surface area contributed by atoms with Crippen molar-refractivity contribution in [2.45, 2.75) is 25.8 Å². The zero-order valence-electron chi connectivity index (χ0n) is 13.0. The molecule has 0 amide bonds. The van der Waals surface area contributed by atoms with Crippen LogP contribution in [0.4, 0.5) is 11.8 Å². The lowest BCUT2D eigenvalue weighted by Crippen LogP contribution is -2.31. The highest BCUT2D eigenvalue weighted by atomic mass is 16.3. The predicted molar refractivity (Wildman–Crippen MR) is 91.6 cm³/mol. The molecule has 0 spiro atoms. The highest BCUT2D eigenvalue weighted by molar-refractivity contribution is 5.90. The molecule has 3 aromatic rings. The lowest BCUT2D eigenvalue weighted by atomic mass is 10.1. The standard InChI is InChI=1S/C18H20N4O/c1-4-9-22(10-5-1)18-20-16-7-3-2-6-15(16)17(21-18)19-12-14-8-11-23-13-14/h2-3,6-8,11,13H,1,4-5,9-10,12H2,(H,19,20,21). The minimum Gasteiger partial charge on any atom is -0.472 e. The van der Waals surface area contributed by atoms with Gasteiger partial charge in [-0.1, -0.05) is 12.1 Å². The fourth-order valence-electron chi connectivity index (χ4n) is 3.01. The van der Waals surface area contributed by atoms with Crippen LogP contribution in [0.5, 0.6) is 0 Å². The lowest BCUT2D eigenvalue weighted by Gasteiger charge is -2.27. The molecule has 1 aliphatic heterocycles. The Labute approximate surface area is 135 Å². The lowest BCUT2D eigenvalue weighted by molar-refractivity contribution is 0.564. The van der Waals surface area contributed by atoms with E-state index < -0.39 is 0 Å². The average Bonchev–Trinajstić information content (AvgIpc) is 3.14. The number of anilines is 2. The molecule has 0 unspecified atom stereocenters. The van der Waals surface area contributed by atoms with Gasteiger partial charge in [0.25, 0.3) is 0 Å². The van der Waals surface area contributed by atoms with Gasteiger partial charge in [0.15, 0.2) is 0 Å². The van der Waals surface area contributed by atoms with Crippen molar-refractivity contribution in [1.82, 2.24) is 9.97 Å². The molecule has 1 fully saturated rings. The third kappa shape index (κ3) is 2.99. The minimum atomic E-state index is 0.691. The Morgan fingerprint density at radius 2 is 1.91 bits per heavy atom. The van der Waals surface area contributed by atoms with E-state index >= 15 is 0 Å². The third-order valence-electron chi connectivity index (χ3n) is 4.27. The van der Waals surface area contributed by atoms with Gasteiger partial charge in [-0.05, 0) is 37.5 Å². The number of piperidine rings is 1. The van der Waals surface area contributed by atoms with Crippen LogP contribution in [-0.4, -0.2) is 23.1 Å². The van der Waals surface area contributed by atoms with Crippen LogP contribution in [0.1, 0.15) is 24.8 Å². The summed E-state index contributed by atoms with van der Waals surface area (Å²) < 4.78 is 5.13. The molecule has 1 N–H and O–H groups in total. The van der Waals surface area contributed by atoms with Crippen molar-refractivity contribution in [3.8, 4) is 0 Å². The molecule has 3 heterocycles. The van der Waals surface area contributed by atoms with Crippen LogP contribution < -0.4 is 10.2 Å². The van der Waals surface area contributed by atoms with Crippen LogP contribution in [0.15, 0.2) is 47.3 Å². The third-order valence-corrected chi connectivity index (χ3v) is 4.27. The quantitative estimate of drug-likeness (QED) is 0.794. The summed E-state index contributed by atoms with van der Waals surface area (Å²) in [6, 6.07) is 10.1. The molecule has 0 aliphatic carbocycles. The van der Waals surface area contributed by atoms with Crippen LogP contribution in [-0.2, 0) is 6.54 Å². The second-order valence-electron chi connectivity index (χ2n) is 5.92. The van der Waals surface area contributed by atoms with Crippen LogP contribution in [0.2, 0.25) is 0 Å². The predicted octanol–water partition coefficient (Wildman–Crippen LogP) is 3.83. The van der Waals surface area contributed by atoms with Crippen molar-refractivity contribution < 1.29 is 4.42 Å². The normalized spacial score (nSPS) is 15.0. The second-order valence-corrected chi connectivity index (χ2v) is 5.92. The maximum atomic E-state index is 5.13. The first-order valence-corrected chi connectivity index (χ1v) is 8.17. The van der Waals surface area contributed by atoms with Gasteiger partial charge in [-0.25, -0.2) is 4.98 Å². The maximum Gasteiger partial charge on any atom is 0.227 e. The number of rotatable bonds is 4. The zero-order valence-corrected chi connectivity index (χ0v) is 13.0. The number of fused-ring (bicyclic) bond motifs is 1. The van der Waals surface area contributed by atoms with Crippen molar-refractivity contribution in [2.24, 2.45) is 0 Å². The monoisotopic (exact) mass is 308 g/mol. The molecule has 0 atom stereocenters. The van der Waals surface area contributed by atoms with Crippen molar-refractivity contribution in [3.05, 3.63) is 48.4 Å². The van der Waals surface area contributed by atoms with Crippen molar-refractivity contribution in [3.63, 3.8) is 0 Å². The van der Waals surface area contributed by atoms with Crippen molar-refractivity contribution >= 4 is 22.7 Å². The summed E-state index contributed by atoms with van der Waals surface area (Å²) in [4.78, 5) is 11.8. The minimum absolute atomic E-state index is 0.691. The number of furan rings is 1. The van der Waals surface area contributed by atoms with E-state index in [4.69, 9.17) is 14.4 Å². The molecule has 4 rings (SSSR count). The van der Waals surface area contributed by atoms with Gasteiger partial charge in [-0.3, -0.25) is 0 Å². The fourth-order valence-corrected chi connectivity index (χ4v) is 3.01. The molecule has 5 heteroatoms. The summed E-state index contributed by atoms with van der Waals surface area (Å²) in [5.41, 5.74) is 2.09. The number of hydrogen-bond acceptors (Lipinski definition) is 5. The first-order chi connectivity index (χ1) is 11.4. The number of benzene rings is 1. The number of nitrogens with zero attached hydrogens (tertiary/aromatic N) is 3. The number of nitrogens with one attached hydrogen (secondary N) is 1. The van der Waals surface area contributed by atoms with Gasteiger partial charge >= 0.3 is 0 Å². The Hall–Kier alpha value is -2.56. The molecule has 0 saturated carbocycles. The van der Waals surface area contributed by atoms with Crippen LogP contribution in [0, 0.1) is 0 Å². The summed E-state index contributed by atoms with van der Waals surface area (Å²) in [5.74, 6) is 1.72. The fraction of sp³-hybridized carbons (Fsp3) is 0.333. The second kappa shape index (κ2) is 6.28. The SMILES string of the molecule is c1ccc2c(NCc3ccoc3)nc(N3CCCCC3)nc2c1. The summed E-state index contributed by atoms with van der Waals surface area (Å²) in [6.45, 7) is 2.77. The Morgan fingerprint density at radius 3 is 2.74 bits per heavy atom. The Balaban J connectivity index is 1.68. The largest absolute Gasteiger partial charge is 0.472 e. The summed E-state index contributed by atoms with van der Waals surface area (Å²) in [6.07, 6.45) is 7.17. The highest BCUT2D eigenvalue weighted by Crippen LogP contribution is 2.25. The Bertz CT molecular complexity index is 779. The molecule has 2 aromatic heterocycles. The zero-order chi connectivity index (χ0) is 15.5. The van der Waals surface area contributed by atoms with Gasteiger partial charge in [-0.2, -0.15) is 4.98 Å². The number of para-hydroxylation sites is 1. The van der Waals surface area contributed by atoms with E-state index in [0.29, 0.717) is 6.54 Å². The molecular weight excluding hydrogens is 288 g/mol. The first-order valence-electron chi connectivity index (χ1n) is 8.17. The molecule has 118 valence electrons. The summed E-state index contributed by atoms with van der Waals surface area (Å²) >= 11 is 0. The maximum absolute atomic E-state index is 5.13. The number of aromatic nitrogens is 2. The van der Waals surface area contributed by atoms with Crippen molar-refractivity contribution in [1.29, 1.82) is 0 Å². The van der Waals surface area contributed by atoms with Crippen LogP contribution >= 0.6 is 0 Å². The summed E-state index contributed by atoms with van der Waals surface area (Å²) in [5, 5.41) is 4.48. The van der Waals surface area contributed by atoms with Gasteiger partial charge < -0.3 is 14.6 Å². The van der Waals surface area contributed by atoms with E-state index in [1.54, 1.807) is 12.5 Å². The summed E-state index contributed by atoms with van der Waals surface area (Å²) in [7, 11) is 0. The van der Waals surface area contributed by atoms with Crippen LogP contribution in [0.3, 0.4) is 0 Å². The molecule has 0 bridgehead atoms. The van der Waals surface area contributed by atoms with Gasteiger partial charge in [-0.15, -0.1) is 0 Å². The van der Waals surface area contributed by atoms with Gasteiger partial charge in [0.2, 0.25) is 5.95 Å². The highest BCUT2D eigenvalue weighted by Gasteiger charge is 2.16. The molecule has 0 radical (unpaired) electrons. The number of hydrogen-bond donors (Lipinski definition) is 1. The first kappa shape index (κ1) is 14.1. The van der Waals surface area contributed by atoms with E-state index in [-0.39, 0.29) is 0 Å². The Morgan fingerprint density at radius 1 is 1.04 bits per heavy atom. The van der Waals surface area contributed by atoms with E-state index in [9.17, 15) is 0 Å². The van der Waals surface area contributed by atoms with Gasteiger partial charge in [0, 0.05) is 30.6 Å². The molecule has 5 nitrogen and oxygen atoms in total. The van der Waals surface area contributed by atoms with Gasteiger partial charge in [0.05, 0.1) is 18.0 Å². The molecule has 1 saturated heterocycles. The van der Waals surface area contributed by atoms with E-state index in [0.717, 1.165) is 41.3 Å². The molecule has 1 aromatic carbocycles. The molecular formula is C18H20N4O. The smallest absolute Gasteiger partial charge is 0.227 e. The average molecular weight is 308 g/mol. The molecule has 23 heavy (non-hydrogen) atoms. The van der Waals surface area contributed by atoms with Gasteiger partial charge in [0.1, 0.15) is 5.82 Å². The van der Waals surface area contributed by atoms with Crippen molar-refractivity contribution in [2.75, 3.05) is 23.3 Å². The van der Waals surface area contributed by atoms with E-state index in [2.05, 4.69) is 16.3 Å².